The van der Waals surface area contributed by atoms with E-state index >= 15 is 0 Å². The molecule has 0 spiro atoms. The highest BCUT2D eigenvalue weighted by molar-refractivity contribution is 6.12. The highest BCUT2D eigenvalue weighted by Gasteiger charge is 2.14. The second kappa shape index (κ2) is 13.0. The number of aryl methyl sites for hydroxylation is 1. The first kappa shape index (κ1) is 30.4. The number of hydrogen-bond donors (Lipinski definition) is 0. The van der Waals surface area contributed by atoms with Crippen LogP contribution in [0.4, 0.5) is 0 Å². The van der Waals surface area contributed by atoms with Crippen molar-refractivity contribution in [1.82, 2.24) is 9.13 Å². The Kier molecular flexibility index (Phi) is 7.75. The first-order valence-corrected chi connectivity index (χ1v) is 17.5. The van der Waals surface area contributed by atoms with E-state index in [1.165, 1.54) is 82.7 Å². The topological polar surface area (TPSA) is 9.86 Å². The molecule has 0 N–H and O–H groups in total. The highest BCUT2D eigenvalue weighted by atomic mass is 15.0. The van der Waals surface area contributed by atoms with E-state index in [9.17, 15) is 0 Å². The molecule has 0 saturated heterocycles. The van der Waals surface area contributed by atoms with Gasteiger partial charge in [0.15, 0.2) is 0 Å². The molecule has 51 heavy (non-hydrogen) atoms. The fourth-order valence-corrected chi connectivity index (χ4v) is 7.47. The number of nitrogens with zero attached hydrogens (tertiary/aromatic N) is 2. The third-order valence-corrected chi connectivity index (χ3v) is 10.0. The van der Waals surface area contributed by atoms with Crippen LogP contribution in [0.2, 0.25) is 0 Å². The van der Waals surface area contributed by atoms with Crippen LogP contribution in [0.25, 0.3) is 82.7 Å². The summed E-state index contributed by atoms with van der Waals surface area (Å²) >= 11 is 0. The normalized spacial score (nSPS) is 11.2. The summed E-state index contributed by atoms with van der Waals surface area (Å²) in [6.07, 6.45) is 0. The van der Waals surface area contributed by atoms with Gasteiger partial charge in [-0.15, -0.1) is 0 Å². The Morgan fingerprint density at radius 1 is 0.275 bits per heavy atom. The SMILES string of the molecule is Cn1c2ccccc2c2cc(-c3ccc4c(c3)c3ccccc3n4-c3ccc(-c4ccccc4)cc3)ccc21.c1ccc(-c2ccccc2)cc1. The number of aromatic nitrogens is 2. The molecule has 8 aromatic carbocycles. The predicted molar refractivity (Wildman–Crippen MR) is 218 cm³/mol. The van der Waals surface area contributed by atoms with Gasteiger partial charge in [0, 0.05) is 45.3 Å². The van der Waals surface area contributed by atoms with Crippen LogP contribution in [0.15, 0.2) is 200 Å². The van der Waals surface area contributed by atoms with Crippen LogP contribution < -0.4 is 0 Å². The zero-order valence-corrected chi connectivity index (χ0v) is 28.4. The molecule has 0 atom stereocenters. The number of para-hydroxylation sites is 2. The van der Waals surface area contributed by atoms with Crippen molar-refractivity contribution in [2.45, 2.75) is 0 Å². The smallest absolute Gasteiger partial charge is 0.0541 e. The summed E-state index contributed by atoms with van der Waals surface area (Å²) in [5.41, 5.74) is 13.6. The Morgan fingerprint density at radius 3 is 1.18 bits per heavy atom. The first-order valence-electron chi connectivity index (χ1n) is 17.5. The zero-order chi connectivity index (χ0) is 34.1. The molecular formula is C49H36N2. The molecule has 0 aliphatic rings. The average Bonchev–Trinajstić information content (AvgIpc) is 3.70. The summed E-state index contributed by atoms with van der Waals surface area (Å²) in [6.45, 7) is 0. The molecule has 0 aliphatic heterocycles. The van der Waals surface area contributed by atoms with E-state index in [-0.39, 0.29) is 0 Å². The first-order chi connectivity index (χ1) is 25.2. The maximum atomic E-state index is 2.39. The van der Waals surface area contributed by atoms with Gasteiger partial charge >= 0.3 is 0 Å². The molecule has 0 aliphatic carbocycles. The van der Waals surface area contributed by atoms with Crippen molar-refractivity contribution in [3.05, 3.63) is 200 Å². The van der Waals surface area contributed by atoms with E-state index < -0.39 is 0 Å². The van der Waals surface area contributed by atoms with E-state index in [1.54, 1.807) is 0 Å². The third kappa shape index (κ3) is 5.57. The summed E-state index contributed by atoms with van der Waals surface area (Å²) in [5, 5.41) is 5.14. The Labute approximate surface area is 298 Å². The lowest BCUT2D eigenvalue weighted by atomic mass is 10.0. The largest absolute Gasteiger partial charge is 0.344 e. The fraction of sp³-hybridized carbons (Fsp3) is 0.0204. The zero-order valence-electron chi connectivity index (χ0n) is 28.4. The minimum absolute atomic E-state index is 1.17. The van der Waals surface area contributed by atoms with Crippen molar-refractivity contribution in [2.24, 2.45) is 7.05 Å². The molecule has 10 rings (SSSR count). The molecule has 0 unspecified atom stereocenters. The number of rotatable bonds is 4. The van der Waals surface area contributed by atoms with Crippen LogP contribution in [0.1, 0.15) is 0 Å². The Bertz CT molecular complexity index is 2730. The van der Waals surface area contributed by atoms with Gasteiger partial charge in [-0.3, -0.25) is 0 Å². The van der Waals surface area contributed by atoms with Gasteiger partial charge < -0.3 is 9.13 Å². The average molecular weight is 653 g/mol. The molecule has 2 aromatic heterocycles. The van der Waals surface area contributed by atoms with Crippen LogP contribution in [0, 0.1) is 0 Å². The predicted octanol–water partition coefficient (Wildman–Crippen LogP) is 13.1. The highest BCUT2D eigenvalue weighted by Crippen LogP contribution is 2.37. The summed E-state index contributed by atoms with van der Waals surface area (Å²) in [4.78, 5) is 0. The van der Waals surface area contributed by atoms with Crippen molar-refractivity contribution in [3.63, 3.8) is 0 Å². The molecule has 0 bridgehead atoms. The fourth-order valence-electron chi connectivity index (χ4n) is 7.47. The van der Waals surface area contributed by atoms with Crippen molar-refractivity contribution in [2.75, 3.05) is 0 Å². The Balaban J connectivity index is 0.000000246. The molecule has 2 heterocycles. The molecular weight excluding hydrogens is 617 g/mol. The Morgan fingerprint density at radius 2 is 0.627 bits per heavy atom. The van der Waals surface area contributed by atoms with Crippen LogP contribution in [-0.4, -0.2) is 9.13 Å². The van der Waals surface area contributed by atoms with Crippen LogP contribution >= 0.6 is 0 Å². The second-order valence-corrected chi connectivity index (χ2v) is 13.0. The molecule has 242 valence electrons. The third-order valence-electron chi connectivity index (χ3n) is 10.0. The summed E-state index contributed by atoms with van der Waals surface area (Å²) in [7, 11) is 2.15. The van der Waals surface area contributed by atoms with Crippen molar-refractivity contribution in [1.29, 1.82) is 0 Å². The molecule has 10 aromatic rings. The summed E-state index contributed by atoms with van der Waals surface area (Å²) in [6, 6.07) is 71.4. The van der Waals surface area contributed by atoms with Gasteiger partial charge in [-0.25, -0.2) is 0 Å². The van der Waals surface area contributed by atoms with Crippen molar-refractivity contribution >= 4 is 43.6 Å². The quantitative estimate of drug-likeness (QED) is 0.179. The molecule has 0 fully saturated rings. The van der Waals surface area contributed by atoms with Crippen LogP contribution in [0.5, 0.6) is 0 Å². The summed E-state index contributed by atoms with van der Waals surface area (Å²) in [5.74, 6) is 0. The number of benzene rings is 8. The van der Waals surface area contributed by atoms with E-state index in [0.29, 0.717) is 0 Å². The van der Waals surface area contributed by atoms with Gasteiger partial charge in [-0.1, -0.05) is 152 Å². The molecule has 0 radical (unpaired) electrons. The standard InChI is InChI=1S/C37H26N2.C12H10/c1-38-34-13-7-5-11-30(34)32-23-27(17-21-35(32)38)28-18-22-37-33(24-28)31-12-6-8-14-36(31)39(37)29-19-15-26(16-20-29)25-9-3-2-4-10-25;1-3-7-11(8-4-1)12-9-5-2-6-10-12/h2-24H,1H3;1-10H. The van der Waals surface area contributed by atoms with E-state index in [4.69, 9.17) is 0 Å². The molecule has 0 saturated carbocycles. The van der Waals surface area contributed by atoms with Gasteiger partial charge in [-0.2, -0.15) is 0 Å². The van der Waals surface area contributed by atoms with Crippen molar-refractivity contribution in [3.8, 4) is 39.1 Å². The minimum atomic E-state index is 1.17. The van der Waals surface area contributed by atoms with Gasteiger partial charge in [0.05, 0.1) is 11.0 Å². The Hall–Kier alpha value is -6.64. The van der Waals surface area contributed by atoms with E-state index in [1.807, 2.05) is 12.1 Å². The second-order valence-electron chi connectivity index (χ2n) is 13.0. The number of hydrogen-bond acceptors (Lipinski definition) is 0. The lowest BCUT2D eigenvalue weighted by Crippen LogP contribution is -1.93. The maximum Gasteiger partial charge on any atom is 0.0541 e. The molecule has 2 heteroatoms. The van der Waals surface area contributed by atoms with Gasteiger partial charge in [0.2, 0.25) is 0 Å². The van der Waals surface area contributed by atoms with Crippen LogP contribution in [0.3, 0.4) is 0 Å². The van der Waals surface area contributed by atoms with Gasteiger partial charge in [0.1, 0.15) is 0 Å². The minimum Gasteiger partial charge on any atom is -0.344 e. The van der Waals surface area contributed by atoms with Crippen molar-refractivity contribution < 1.29 is 0 Å². The monoisotopic (exact) mass is 652 g/mol. The lowest BCUT2D eigenvalue weighted by molar-refractivity contribution is 1.01. The van der Waals surface area contributed by atoms with Crippen LogP contribution in [-0.2, 0) is 7.05 Å². The lowest BCUT2D eigenvalue weighted by Gasteiger charge is -2.10. The maximum absolute atomic E-state index is 2.39. The van der Waals surface area contributed by atoms with Gasteiger partial charge in [-0.05, 0) is 81.9 Å². The summed E-state index contributed by atoms with van der Waals surface area (Å²) < 4.78 is 4.67. The molecule has 2 nitrogen and oxygen atoms in total. The van der Waals surface area contributed by atoms with E-state index in [2.05, 4.69) is 204 Å². The van der Waals surface area contributed by atoms with Gasteiger partial charge in [0.25, 0.3) is 0 Å². The number of fused-ring (bicyclic) bond motifs is 6. The van der Waals surface area contributed by atoms with E-state index in [0.717, 1.165) is 0 Å². The molecule has 0 amide bonds.